The normalized spacial score (nSPS) is 17.9. The number of aliphatic hydroxyl groups excluding tert-OH is 1. The maximum atomic E-state index is 10.6. The zero-order chi connectivity index (χ0) is 11.6. The minimum atomic E-state index is -4.58. The van der Waals surface area contributed by atoms with Crippen LogP contribution in [-0.4, -0.2) is 57.4 Å². The topological polar surface area (TPSA) is 147 Å². The van der Waals surface area contributed by atoms with Crippen molar-refractivity contribution in [3.8, 4) is 0 Å². The van der Waals surface area contributed by atoms with Crippen molar-refractivity contribution in [1.29, 1.82) is 0 Å². The number of hydrogen-bond acceptors (Lipinski definition) is 7. The van der Waals surface area contributed by atoms with Crippen LogP contribution in [0.5, 0.6) is 0 Å². The van der Waals surface area contributed by atoms with Crippen molar-refractivity contribution in [3.05, 3.63) is 0 Å². The molecule has 6 N–H and O–H groups in total. The summed E-state index contributed by atoms with van der Waals surface area (Å²) >= 11 is 0. The fourth-order valence-corrected chi connectivity index (χ4v) is 1.55. The van der Waals surface area contributed by atoms with Gasteiger partial charge in [-0.2, -0.15) is 8.42 Å². The third-order valence-electron chi connectivity index (χ3n) is 1.30. The maximum absolute atomic E-state index is 10.6. The van der Waals surface area contributed by atoms with Crippen molar-refractivity contribution in [2.45, 2.75) is 24.4 Å². The molecule has 8 nitrogen and oxygen atoms in total. The lowest BCUT2D eigenvalue weighted by molar-refractivity contribution is -0.306. The molecular weight excluding hydrogens is 218 g/mol. The molecule has 0 bridgehead atoms. The van der Waals surface area contributed by atoms with Crippen molar-refractivity contribution in [2.75, 3.05) is 6.54 Å². The Labute approximate surface area is 80.6 Å². The molecule has 2 atom stereocenters. The molecule has 0 heterocycles. The van der Waals surface area contributed by atoms with E-state index >= 15 is 0 Å². The summed E-state index contributed by atoms with van der Waals surface area (Å²) in [5.41, 5.74) is 0. The van der Waals surface area contributed by atoms with Crippen LogP contribution in [0, 0.1) is 0 Å². The first-order valence-corrected chi connectivity index (χ1v) is 5.09. The molecule has 2 unspecified atom stereocenters. The molecule has 0 aromatic carbocycles. The van der Waals surface area contributed by atoms with E-state index in [-0.39, 0.29) is 0 Å². The largest absolute Gasteiger partial charge is 0.391 e. The lowest BCUT2D eigenvalue weighted by Crippen LogP contribution is -2.51. The van der Waals surface area contributed by atoms with Gasteiger partial charge in [0.15, 0.2) is 5.37 Å². The first kappa shape index (κ1) is 13.7. The van der Waals surface area contributed by atoms with Gasteiger partial charge in [0.05, 0.1) is 12.6 Å². The van der Waals surface area contributed by atoms with E-state index in [1.165, 1.54) is 0 Å². The highest BCUT2D eigenvalue weighted by Crippen LogP contribution is 2.02. The number of aliphatic hydroxyl groups is 4. The molecule has 0 aliphatic carbocycles. The van der Waals surface area contributed by atoms with Crippen LogP contribution < -0.4 is 5.32 Å². The van der Waals surface area contributed by atoms with Crippen LogP contribution in [0.4, 0.5) is 0 Å². The van der Waals surface area contributed by atoms with E-state index in [1.807, 2.05) is 5.32 Å². The molecule has 14 heavy (non-hydrogen) atoms. The molecule has 86 valence electrons. The van der Waals surface area contributed by atoms with E-state index in [4.69, 9.17) is 25.0 Å². The van der Waals surface area contributed by atoms with Gasteiger partial charge in [-0.3, -0.25) is 9.87 Å². The molecule has 0 saturated carbocycles. The Morgan fingerprint density at radius 3 is 2.00 bits per heavy atom. The van der Waals surface area contributed by atoms with Gasteiger partial charge in [0.25, 0.3) is 16.1 Å². The van der Waals surface area contributed by atoms with Gasteiger partial charge < -0.3 is 20.4 Å². The zero-order valence-electron chi connectivity index (χ0n) is 7.32. The molecule has 0 radical (unpaired) electrons. The minimum absolute atomic E-state index is 0.942. The monoisotopic (exact) mass is 231 g/mol. The molecule has 0 aromatic heterocycles. The summed E-state index contributed by atoms with van der Waals surface area (Å²) in [6.07, 6.45) is -1.48. The Morgan fingerprint density at radius 1 is 1.36 bits per heavy atom. The van der Waals surface area contributed by atoms with Crippen molar-refractivity contribution < 1.29 is 33.4 Å². The summed E-state index contributed by atoms with van der Waals surface area (Å²) in [5, 5.41) is 34.2. The molecule has 9 heteroatoms. The van der Waals surface area contributed by atoms with Gasteiger partial charge >= 0.3 is 0 Å². The third kappa shape index (κ3) is 5.44. The second-order valence-electron chi connectivity index (χ2n) is 2.83. The van der Waals surface area contributed by atoms with Gasteiger partial charge in [0.1, 0.15) is 0 Å². The molecule has 0 amide bonds. The van der Waals surface area contributed by atoms with E-state index in [0.717, 1.165) is 6.92 Å². The van der Waals surface area contributed by atoms with Gasteiger partial charge in [-0.25, -0.2) is 0 Å². The molecule has 0 aliphatic heterocycles. The average molecular weight is 231 g/mol. The lowest BCUT2D eigenvalue weighted by atomic mass is 10.4. The first-order chi connectivity index (χ1) is 6.04. The quantitative estimate of drug-likeness (QED) is 0.214. The Balaban J connectivity index is 4.43. The second-order valence-corrected chi connectivity index (χ2v) is 4.37. The first-order valence-electron chi connectivity index (χ1n) is 3.59. The van der Waals surface area contributed by atoms with Crippen LogP contribution in [-0.2, 0) is 10.1 Å². The summed E-state index contributed by atoms with van der Waals surface area (Å²) < 4.78 is 29.7. The lowest BCUT2D eigenvalue weighted by Gasteiger charge is -2.21. The predicted molar refractivity (Wildman–Crippen MR) is 44.4 cm³/mol. The van der Waals surface area contributed by atoms with Crippen molar-refractivity contribution >= 4 is 10.1 Å². The van der Waals surface area contributed by atoms with Gasteiger partial charge in [-0.1, -0.05) is 0 Å². The molecule has 0 aliphatic rings. The highest BCUT2D eigenvalue weighted by atomic mass is 32.2. The highest BCUT2D eigenvalue weighted by Gasteiger charge is 2.30. The minimum Gasteiger partial charge on any atom is -0.391 e. The van der Waals surface area contributed by atoms with Crippen LogP contribution in [0.3, 0.4) is 0 Å². The average Bonchev–Trinajstić information content (AvgIpc) is 1.79. The van der Waals surface area contributed by atoms with Crippen LogP contribution >= 0.6 is 0 Å². The fourth-order valence-electron chi connectivity index (χ4n) is 0.762. The van der Waals surface area contributed by atoms with Gasteiger partial charge in [0.2, 0.25) is 0 Å². The molecular formula is C5H13NO7S. The van der Waals surface area contributed by atoms with Crippen molar-refractivity contribution in [3.63, 3.8) is 0 Å². The van der Waals surface area contributed by atoms with E-state index in [9.17, 15) is 8.42 Å². The van der Waals surface area contributed by atoms with Crippen molar-refractivity contribution in [2.24, 2.45) is 0 Å². The molecule has 0 fully saturated rings. The van der Waals surface area contributed by atoms with Crippen molar-refractivity contribution in [1.82, 2.24) is 5.32 Å². The van der Waals surface area contributed by atoms with Crippen LogP contribution in [0.1, 0.15) is 6.92 Å². The van der Waals surface area contributed by atoms with E-state index in [2.05, 4.69) is 0 Å². The predicted octanol–water partition coefficient (Wildman–Crippen LogP) is -3.20. The van der Waals surface area contributed by atoms with Gasteiger partial charge in [0, 0.05) is 0 Å². The van der Waals surface area contributed by atoms with Gasteiger partial charge in [-0.15, -0.1) is 0 Å². The third-order valence-corrected chi connectivity index (χ3v) is 2.50. The maximum Gasteiger partial charge on any atom is 0.288 e. The second kappa shape index (κ2) is 4.49. The molecule has 0 rings (SSSR count). The smallest absolute Gasteiger partial charge is 0.288 e. The Morgan fingerprint density at radius 2 is 1.79 bits per heavy atom. The zero-order valence-corrected chi connectivity index (χ0v) is 8.14. The molecule has 0 spiro atoms. The Kier molecular flexibility index (Phi) is 4.39. The highest BCUT2D eigenvalue weighted by molar-refractivity contribution is 7.86. The SMILES string of the molecule is CC(O)C(NCC(O)(O)O)S(=O)(=O)O. The molecule has 0 saturated heterocycles. The summed E-state index contributed by atoms with van der Waals surface area (Å²) in [6, 6.07) is 0. The van der Waals surface area contributed by atoms with Crippen LogP contribution in [0.2, 0.25) is 0 Å². The number of rotatable bonds is 5. The molecule has 0 aromatic rings. The summed E-state index contributed by atoms with van der Waals surface area (Å²) in [4.78, 5) is 0. The summed E-state index contributed by atoms with van der Waals surface area (Å²) in [5.74, 6) is -3.11. The van der Waals surface area contributed by atoms with Crippen LogP contribution in [0.15, 0.2) is 0 Å². The number of hydrogen-bond donors (Lipinski definition) is 6. The van der Waals surface area contributed by atoms with Crippen LogP contribution in [0.25, 0.3) is 0 Å². The standard InChI is InChI=1S/C5H13NO7S/c1-3(7)4(14(11,12)13)6-2-5(8,9)10/h3-4,6-10H,2H2,1H3,(H,11,12,13). The fraction of sp³-hybridized carbons (Fsp3) is 1.00. The number of nitrogens with one attached hydrogen (secondary N) is 1. The summed E-state index contributed by atoms with van der Waals surface area (Å²) in [7, 11) is -4.58. The summed E-state index contributed by atoms with van der Waals surface area (Å²) in [6.45, 7) is 0.127. The van der Waals surface area contributed by atoms with E-state index < -0.39 is 34.1 Å². The van der Waals surface area contributed by atoms with E-state index in [0.29, 0.717) is 0 Å². The van der Waals surface area contributed by atoms with E-state index in [1.54, 1.807) is 0 Å². The Bertz CT molecular complexity index is 266. The Hall–Kier alpha value is -0.290. The van der Waals surface area contributed by atoms with Gasteiger partial charge in [-0.05, 0) is 6.92 Å².